The van der Waals surface area contributed by atoms with E-state index < -0.39 is 6.10 Å². The third-order valence-electron chi connectivity index (χ3n) is 2.75. The average molecular weight is 259 g/mol. The summed E-state index contributed by atoms with van der Waals surface area (Å²) < 4.78 is 6.85. The monoisotopic (exact) mass is 259 g/mol. The molecule has 1 heterocycles. The molecule has 5 nitrogen and oxygen atoms in total. The van der Waals surface area contributed by atoms with E-state index in [9.17, 15) is 5.11 Å². The van der Waals surface area contributed by atoms with Gasteiger partial charge in [-0.15, -0.1) is 5.10 Å². The molecule has 100 valence electrons. The molecule has 0 radical (unpaired) electrons. The van der Waals surface area contributed by atoms with Gasteiger partial charge >= 0.3 is 0 Å². The standard InChI is InChI=1S/C14H17N3O2/c1-3-6-11-9-17(16-15-11)10-13(18)12-7-4-5-8-14(12)19-2/h3-9,13,18H,10H2,1-2H3/b6-3+/t13-/m0/s1. The number of nitrogens with zero attached hydrogens (tertiary/aromatic N) is 3. The van der Waals surface area contributed by atoms with Crippen molar-refractivity contribution in [2.24, 2.45) is 0 Å². The molecule has 19 heavy (non-hydrogen) atoms. The summed E-state index contributed by atoms with van der Waals surface area (Å²) in [5.41, 5.74) is 1.52. The van der Waals surface area contributed by atoms with E-state index in [1.54, 1.807) is 18.0 Å². The number of para-hydroxylation sites is 1. The van der Waals surface area contributed by atoms with Gasteiger partial charge in [-0.3, -0.25) is 0 Å². The molecular formula is C14H17N3O2. The van der Waals surface area contributed by atoms with Crippen molar-refractivity contribution in [3.8, 4) is 5.75 Å². The van der Waals surface area contributed by atoms with Crippen molar-refractivity contribution in [2.45, 2.75) is 19.6 Å². The number of allylic oxidation sites excluding steroid dienone is 1. The molecule has 1 aromatic heterocycles. The molecule has 0 saturated carbocycles. The Balaban J connectivity index is 2.13. The highest BCUT2D eigenvalue weighted by atomic mass is 16.5. The molecule has 1 aromatic carbocycles. The highest BCUT2D eigenvalue weighted by Crippen LogP contribution is 2.25. The first-order chi connectivity index (χ1) is 9.24. The van der Waals surface area contributed by atoms with Gasteiger partial charge in [0.2, 0.25) is 0 Å². The Labute approximate surface area is 112 Å². The molecule has 0 aliphatic heterocycles. The Morgan fingerprint density at radius 3 is 2.95 bits per heavy atom. The summed E-state index contributed by atoms with van der Waals surface area (Å²) in [6.07, 6.45) is 4.86. The normalized spacial score (nSPS) is 12.8. The average Bonchev–Trinajstić information content (AvgIpc) is 2.86. The molecular weight excluding hydrogens is 242 g/mol. The lowest BCUT2D eigenvalue weighted by Gasteiger charge is -2.14. The molecule has 0 fully saturated rings. The number of hydrogen-bond donors (Lipinski definition) is 1. The van der Waals surface area contributed by atoms with Gasteiger partial charge in [0.25, 0.3) is 0 Å². The van der Waals surface area contributed by atoms with E-state index in [2.05, 4.69) is 10.3 Å². The van der Waals surface area contributed by atoms with Crippen LogP contribution in [0.4, 0.5) is 0 Å². The minimum absolute atomic E-state index is 0.338. The van der Waals surface area contributed by atoms with Crippen molar-refractivity contribution in [1.29, 1.82) is 0 Å². The fourth-order valence-electron chi connectivity index (χ4n) is 1.87. The van der Waals surface area contributed by atoms with Gasteiger partial charge in [-0.1, -0.05) is 29.5 Å². The first kappa shape index (κ1) is 13.3. The minimum Gasteiger partial charge on any atom is -0.496 e. The lowest BCUT2D eigenvalue weighted by molar-refractivity contribution is 0.147. The van der Waals surface area contributed by atoms with Gasteiger partial charge in [-0.25, -0.2) is 4.68 Å². The minimum atomic E-state index is -0.684. The molecule has 0 aliphatic rings. The fourth-order valence-corrected chi connectivity index (χ4v) is 1.87. The quantitative estimate of drug-likeness (QED) is 0.892. The van der Waals surface area contributed by atoms with Gasteiger partial charge in [-0.05, 0) is 19.1 Å². The molecule has 1 N–H and O–H groups in total. The van der Waals surface area contributed by atoms with Gasteiger partial charge < -0.3 is 9.84 Å². The predicted molar refractivity (Wildman–Crippen MR) is 72.7 cm³/mol. The number of ether oxygens (including phenoxy) is 1. The van der Waals surface area contributed by atoms with Crippen LogP contribution in [-0.2, 0) is 6.54 Å². The summed E-state index contributed by atoms with van der Waals surface area (Å²) in [6.45, 7) is 2.26. The van der Waals surface area contributed by atoms with Crippen LogP contribution in [0.2, 0.25) is 0 Å². The zero-order chi connectivity index (χ0) is 13.7. The van der Waals surface area contributed by atoms with Crippen molar-refractivity contribution >= 4 is 6.08 Å². The maximum atomic E-state index is 10.2. The van der Waals surface area contributed by atoms with Gasteiger partial charge in [-0.2, -0.15) is 0 Å². The number of methoxy groups -OCH3 is 1. The van der Waals surface area contributed by atoms with E-state index in [1.165, 1.54) is 0 Å². The molecule has 0 unspecified atom stereocenters. The van der Waals surface area contributed by atoms with Crippen LogP contribution < -0.4 is 4.74 Å². The highest BCUT2D eigenvalue weighted by Gasteiger charge is 2.14. The molecule has 5 heteroatoms. The molecule has 0 saturated heterocycles. The maximum absolute atomic E-state index is 10.2. The Hall–Kier alpha value is -2.14. The molecule has 1 atom stereocenters. The topological polar surface area (TPSA) is 60.2 Å². The Bertz CT molecular complexity index is 563. The highest BCUT2D eigenvalue weighted by molar-refractivity contribution is 5.41. The summed E-state index contributed by atoms with van der Waals surface area (Å²) in [4.78, 5) is 0. The van der Waals surface area contributed by atoms with E-state index in [-0.39, 0.29) is 0 Å². The second-order valence-electron chi connectivity index (χ2n) is 4.12. The van der Waals surface area contributed by atoms with Gasteiger partial charge in [0, 0.05) is 5.56 Å². The Morgan fingerprint density at radius 1 is 1.42 bits per heavy atom. The maximum Gasteiger partial charge on any atom is 0.124 e. The second-order valence-corrected chi connectivity index (χ2v) is 4.12. The molecule has 2 rings (SSSR count). The summed E-state index contributed by atoms with van der Waals surface area (Å²) in [6, 6.07) is 7.40. The fraction of sp³-hybridized carbons (Fsp3) is 0.286. The number of aliphatic hydroxyl groups excluding tert-OH is 1. The molecule has 0 spiro atoms. The van der Waals surface area contributed by atoms with Gasteiger partial charge in [0.15, 0.2) is 0 Å². The van der Waals surface area contributed by atoms with E-state index in [0.29, 0.717) is 12.3 Å². The first-order valence-corrected chi connectivity index (χ1v) is 6.08. The number of benzene rings is 1. The van der Waals surface area contributed by atoms with Crippen LogP contribution in [0.25, 0.3) is 6.08 Å². The third kappa shape index (κ3) is 3.20. The van der Waals surface area contributed by atoms with Crippen molar-refractivity contribution in [3.63, 3.8) is 0 Å². The molecule has 0 bridgehead atoms. The number of hydrogen-bond acceptors (Lipinski definition) is 4. The SMILES string of the molecule is C/C=C/c1cn(C[C@H](O)c2ccccc2OC)nn1. The first-order valence-electron chi connectivity index (χ1n) is 6.08. The van der Waals surface area contributed by atoms with Crippen LogP contribution in [0.5, 0.6) is 5.75 Å². The predicted octanol–water partition coefficient (Wildman–Crippen LogP) is 2.05. The van der Waals surface area contributed by atoms with Gasteiger partial charge in [0.1, 0.15) is 17.5 Å². The number of aromatic nitrogens is 3. The van der Waals surface area contributed by atoms with Crippen LogP contribution in [-0.4, -0.2) is 27.2 Å². The molecule has 2 aromatic rings. The lowest BCUT2D eigenvalue weighted by Crippen LogP contribution is -2.10. The zero-order valence-electron chi connectivity index (χ0n) is 11.0. The van der Waals surface area contributed by atoms with Gasteiger partial charge in [0.05, 0.1) is 19.9 Å². The molecule has 0 amide bonds. The summed E-state index contributed by atoms with van der Waals surface area (Å²) >= 11 is 0. The van der Waals surface area contributed by atoms with E-state index >= 15 is 0 Å². The van der Waals surface area contributed by atoms with Crippen LogP contribution in [0, 0.1) is 0 Å². The van der Waals surface area contributed by atoms with E-state index in [1.807, 2.05) is 43.3 Å². The van der Waals surface area contributed by atoms with Crippen LogP contribution >= 0.6 is 0 Å². The summed E-state index contributed by atoms with van der Waals surface area (Å²) in [7, 11) is 1.59. The lowest BCUT2D eigenvalue weighted by atomic mass is 10.1. The second kappa shape index (κ2) is 6.15. The summed E-state index contributed by atoms with van der Waals surface area (Å²) in [5.74, 6) is 0.670. The Morgan fingerprint density at radius 2 is 2.21 bits per heavy atom. The number of rotatable bonds is 5. The van der Waals surface area contributed by atoms with Crippen molar-refractivity contribution in [3.05, 3.63) is 47.8 Å². The van der Waals surface area contributed by atoms with Crippen molar-refractivity contribution < 1.29 is 9.84 Å². The largest absolute Gasteiger partial charge is 0.496 e. The third-order valence-corrected chi connectivity index (χ3v) is 2.75. The van der Waals surface area contributed by atoms with E-state index in [0.717, 1.165) is 11.3 Å². The van der Waals surface area contributed by atoms with Crippen LogP contribution in [0.1, 0.15) is 24.3 Å². The molecule has 0 aliphatic carbocycles. The van der Waals surface area contributed by atoms with Crippen LogP contribution in [0.3, 0.4) is 0 Å². The zero-order valence-corrected chi connectivity index (χ0v) is 11.0. The number of aliphatic hydroxyl groups is 1. The van der Waals surface area contributed by atoms with Crippen molar-refractivity contribution in [2.75, 3.05) is 7.11 Å². The van der Waals surface area contributed by atoms with Crippen molar-refractivity contribution in [1.82, 2.24) is 15.0 Å². The smallest absolute Gasteiger partial charge is 0.124 e. The Kier molecular flexibility index (Phi) is 4.30. The summed E-state index contributed by atoms with van der Waals surface area (Å²) in [5, 5.41) is 18.2. The van der Waals surface area contributed by atoms with Crippen LogP contribution in [0.15, 0.2) is 36.5 Å². The van der Waals surface area contributed by atoms with E-state index in [4.69, 9.17) is 4.74 Å².